The molecule has 0 aliphatic carbocycles. The van der Waals surface area contributed by atoms with Crippen LogP contribution in [0.15, 0.2) is 18.2 Å². The van der Waals surface area contributed by atoms with E-state index in [9.17, 15) is 9.18 Å². The number of likely N-dealkylation sites (N-methyl/N-ethyl adjacent to an activating group) is 1. The first-order valence-electron chi connectivity index (χ1n) is 5.36. The summed E-state index contributed by atoms with van der Waals surface area (Å²) < 4.78 is 13.1. The third-order valence-electron chi connectivity index (χ3n) is 2.54. The monoisotopic (exact) mass is 240 g/mol. The van der Waals surface area contributed by atoms with E-state index in [-0.39, 0.29) is 18.7 Å². The Morgan fingerprint density at radius 3 is 2.71 bits per heavy atom. The quantitative estimate of drug-likeness (QED) is 0.848. The van der Waals surface area contributed by atoms with Crippen molar-refractivity contribution in [1.29, 1.82) is 0 Å². The van der Waals surface area contributed by atoms with Crippen LogP contribution in [0.5, 0.6) is 0 Å². The minimum Gasteiger partial charge on any atom is -0.394 e. The Labute approximate surface area is 100 Å². The molecule has 0 radical (unpaired) electrons. The molecule has 1 unspecified atom stereocenters. The highest BCUT2D eigenvalue weighted by molar-refractivity contribution is 5.89. The Hall–Kier alpha value is -1.62. The number of urea groups is 1. The van der Waals surface area contributed by atoms with Crippen molar-refractivity contribution < 1.29 is 14.3 Å². The zero-order valence-corrected chi connectivity index (χ0v) is 10.2. The lowest BCUT2D eigenvalue weighted by molar-refractivity contribution is 0.166. The molecule has 0 saturated carbocycles. The van der Waals surface area contributed by atoms with Crippen molar-refractivity contribution in [3.63, 3.8) is 0 Å². The molecular formula is C12H17FN2O2. The van der Waals surface area contributed by atoms with E-state index in [2.05, 4.69) is 5.32 Å². The van der Waals surface area contributed by atoms with Crippen molar-refractivity contribution >= 4 is 11.7 Å². The largest absolute Gasteiger partial charge is 0.394 e. The second-order valence-corrected chi connectivity index (χ2v) is 4.09. The summed E-state index contributed by atoms with van der Waals surface area (Å²) in [6.45, 7) is 3.35. The number of amides is 2. The highest BCUT2D eigenvalue weighted by Gasteiger charge is 2.14. The minimum absolute atomic E-state index is 0.119. The van der Waals surface area contributed by atoms with Crippen LogP contribution in [0.2, 0.25) is 0 Å². The van der Waals surface area contributed by atoms with Crippen molar-refractivity contribution in [2.45, 2.75) is 19.9 Å². The molecule has 94 valence electrons. The summed E-state index contributed by atoms with van der Waals surface area (Å²) in [6.07, 6.45) is 0. The fourth-order valence-electron chi connectivity index (χ4n) is 1.34. The molecule has 17 heavy (non-hydrogen) atoms. The predicted molar refractivity (Wildman–Crippen MR) is 64.5 cm³/mol. The Bertz CT molecular complexity index is 389. The standard InChI is InChI=1S/C12H17FN2O2/c1-8-4-10(13)6-11(5-8)14-12(17)15(3)9(2)7-16/h4-6,9,16H,7H2,1-3H3,(H,14,17). The van der Waals surface area contributed by atoms with Crippen LogP contribution in [0, 0.1) is 12.7 Å². The average Bonchev–Trinajstić information content (AvgIpc) is 2.25. The first-order valence-corrected chi connectivity index (χ1v) is 5.36. The summed E-state index contributed by atoms with van der Waals surface area (Å²) >= 11 is 0. The summed E-state index contributed by atoms with van der Waals surface area (Å²) in [6, 6.07) is 3.65. The molecule has 0 aliphatic rings. The van der Waals surface area contributed by atoms with Gasteiger partial charge in [-0.2, -0.15) is 0 Å². The van der Waals surface area contributed by atoms with Gasteiger partial charge in [0.25, 0.3) is 0 Å². The SMILES string of the molecule is Cc1cc(F)cc(NC(=O)N(C)C(C)CO)c1. The van der Waals surface area contributed by atoms with Gasteiger partial charge in [0.2, 0.25) is 0 Å². The number of nitrogens with one attached hydrogen (secondary N) is 1. The Morgan fingerprint density at radius 1 is 1.53 bits per heavy atom. The summed E-state index contributed by atoms with van der Waals surface area (Å²) in [5.74, 6) is -0.391. The summed E-state index contributed by atoms with van der Waals surface area (Å²) in [4.78, 5) is 13.1. The summed E-state index contributed by atoms with van der Waals surface area (Å²) in [5, 5.41) is 11.5. The van der Waals surface area contributed by atoms with E-state index in [1.807, 2.05) is 0 Å². The number of rotatable bonds is 3. The highest BCUT2D eigenvalue weighted by Crippen LogP contribution is 2.14. The van der Waals surface area contributed by atoms with Crippen LogP contribution >= 0.6 is 0 Å². The van der Waals surface area contributed by atoms with E-state index in [1.165, 1.54) is 17.0 Å². The van der Waals surface area contributed by atoms with Gasteiger partial charge in [-0.05, 0) is 37.6 Å². The van der Waals surface area contributed by atoms with Crippen molar-refractivity contribution in [3.8, 4) is 0 Å². The van der Waals surface area contributed by atoms with Crippen LogP contribution in [0.3, 0.4) is 0 Å². The Balaban J connectivity index is 2.74. The van der Waals surface area contributed by atoms with Crippen molar-refractivity contribution in [1.82, 2.24) is 4.90 Å². The topological polar surface area (TPSA) is 52.6 Å². The van der Waals surface area contributed by atoms with Gasteiger partial charge >= 0.3 is 6.03 Å². The first kappa shape index (κ1) is 13.4. The molecular weight excluding hydrogens is 223 g/mol. The molecule has 0 aromatic heterocycles. The molecule has 0 spiro atoms. The van der Waals surface area contributed by atoms with Crippen molar-refractivity contribution in [3.05, 3.63) is 29.6 Å². The van der Waals surface area contributed by atoms with Gasteiger partial charge in [-0.1, -0.05) is 0 Å². The number of anilines is 1. The van der Waals surface area contributed by atoms with Crippen LogP contribution in [0.1, 0.15) is 12.5 Å². The number of halogens is 1. The van der Waals surface area contributed by atoms with Gasteiger partial charge < -0.3 is 15.3 Å². The molecule has 2 N–H and O–H groups in total. The van der Waals surface area contributed by atoms with Gasteiger partial charge in [-0.3, -0.25) is 0 Å². The van der Waals surface area contributed by atoms with Gasteiger partial charge in [0, 0.05) is 12.7 Å². The fraction of sp³-hybridized carbons (Fsp3) is 0.417. The molecule has 0 heterocycles. The molecule has 5 heteroatoms. The average molecular weight is 240 g/mol. The smallest absolute Gasteiger partial charge is 0.321 e. The number of aliphatic hydroxyl groups is 1. The fourth-order valence-corrected chi connectivity index (χ4v) is 1.34. The Kier molecular flexibility index (Phi) is 4.45. The molecule has 1 rings (SSSR count). The van der Waals surface area contributed by atoms with E-state index in [4.69, 9.17) is 5.11 Å². The van der Waals surface area contributed by atoms with Crippen molar-refractivity contribution in [2.24, 2.45) is 0 Å². The highest BCUT2D eigenvalue weighted by atomic mass is 19.1. The van der Waals surface area contributed by atoms with Crippen LogP contribution < -0.4 is 5.32 Å². The molecule has 0 saturated heterocycles. The van der Waals surface area contributed by atoms with Gasteiger partial charge in [0.05, 0.1) is 12.6 Å². The zero-order valence-electron chi connectivity index (χ0n) is 10.2. The number of hydrogen-bond donors (Lipinski definition) is 2. The molecule has 0 bridgehead atoms. The minimum atomic E-state index is -0.391. The Morgan fingerprint density at radius 2 is 2.18 bits per heavy atom. The maximum absolute atomic E-state index is 13.1. The molecule has 1 aromatic carbocycles. The normalized spacial score (nSPS) is 12.1. The van der Waals surface area contributed by atoms with Gasteiger partial charge in [-0.15, -0.1) is 0 Å². The van der Waals surface area contributed by atoms with Crippen molar-refractivity contribution in [2.75, 3.05) is 19.0 Å². The predicted octanol–water partition coefficient (Wildman–Crippen LogP) is 1.98. The molecule has 4 nitrogen and oxygen atoms in total. The number of carbonyl (C=O) groups is 1. The lowest BCUT2D eigenvalue weighted by atomic mass is 10.2. The zero-order chi connectivity index (χ0) is 13.0. The number of benzene rings is 1. The third-order valence-corrected chi connectivity index (χ3v) is 2.54. The second-order valence-electron chi connectivity index (χ2n) is 4.09. The summed E-state index contributed by atoms with van der Waals surface area (Å²) in [7, 11) is 1.57. The van der Waals surface area contributed by atoms with E-state index in [0.29, 0.717) is 5.69 Å². The van der Waals surface area contributed by atoms with E-state index in [0.717, 1.165) is 5.56 Å². The lowest BCUT2D eigenvalue weighted by Crippen LogP contribution is -2.40. The second kappa shape index (κ2) is 5.63. The van der Waals surface area contributed by atoms with Crippen LogP contribution in [0.25, 0.3) is 0 Å². The van der Waals surface area contributed by atoms with Gasteiger partial charge in [0.15, 0.2) is 0 Å². The maximum atomic E-state index is 13.1. The number of aliphatic hydroxyl groups excluding tert-OH is 1. The molecule has 1 atom stereocenters. The third kappa shape index (κ3) is 3.71. The first-order chi connectivity index (χ1) is 7.93. The van der Waals surface area contributed by atoms with E-state index < -0.39 is 5.82 Å². The lowest BCUT2D eigenvalue weighted by Gasteiger charge is -2.23. The molecule has 0 aliphatic heterocycles. The van der Waals surface area contributed by atoms with Crippen LogP contribution in [-0.2, 0) is 0 Å². The van der Waals surface area contributed by atoms with Gasteiger partial charge in [0.1, 0.15) is 5.82 Å². The number of nitrogens with zero attached hydrogens (tertiary/aromatic N) is 1. The maximum Gasteiger partial charge on any atom is 0.321 e. The summed E-state index contributed by atoms with van der Waals surface area (Å²) in [5.41, 5.74) is 1.14. The number of carbonyl (C=O) groups excluding carboxylic acids is 1. The van der Waals surface area contributed by atoms with Crippen LogP contribution in [0.4, 0.5) is 14.9 Å². The molecule has 1 aromatic rings. The van der Waals surface area contributed by atoms with Gasteiger partial charge in [-0.25, -0.2) is 9.18 Å². The molecule has 2 amide bonds. The number of hydrogen-bond acceptors (Lipinski definition) is 2. The van der Waals surface area contributed by atoms with E-state index in [1.54, 1.807) is 27.0 Å². The molecule has 0 fully saturated rings. The number of aryl methyl sites for hydroxylation is 1. The van der Waals surface area contributed by atoms with Crippen LogP contribution in [-0.4, -0.2) is 35.7 Å². The van der Waals surface area contributed by atoms with E-state index >= 15 is 0 Å².